The van der Waals surface area contributed by atoms with Crippen molar-refractivity contribution in [2.45, 2.75) is 12.5 Å². The molecule has 102 valence electrons. The van der Waals surface area contributed by atoms with Gasteiger partial charge in [0.25, 0.3) is 0 Å². The fraction of sp³-hybridized carbons (Fsp3) is 0.385. The predicted molar refractivity (Wildman–Crippen MR) is 67.4 cm³/mol. The van der Waals surface area contributed by atoms with E-state index in [0.29, 0.717) is 18.8 Å². The molecule has 1 aliphatic rings. The lowest BCUT2D eigenvalue weighted by Gasteiger charge is -2.38. The second kappa shape index (κ2) is 5.36. The monoisotopic (exact) mass is 266 g/mol. The number of anilines is 1. The number of amides is 1. The van der Waals surface area contributed by atoms with Crippen LogP contribution < -0.4 is 4.90 Å². The maximum atomic E-state index is 12.9. The smallest absolute Gasteiger partial charge is 0.305 e. The molecule has 6 heteroatoms. The Bertz CT molecular complexity index is 489. The molecular weight excluding hydrogens is 251 g/mol. The first kappa shape index (κ1) is 13.5. The van der Waals surface area contributed by atoms with Crippen molar-refractivity contribution in [3.8, 4) is 0 Å². The van der Waals surface area contributed by atoms with Crippen molar-refractivity contribution >= 4 is 17.6 Å². The molecule has 1 unspecified atom stereocenters. The zero-order chi connectivity index (χ0) is 14.0. The maximum absolute atomic E-state index is 12.9. The van der Waals surface area contributed by atoms with Gasteiger partial charge in [-0.15, -0.1) is 0 Å². The number of carbonyl (C=O) groups excluding carboxylic acids is 1. The van der Waals surface area contributed by atoms with Crippen LogP contribution in [0, 0.1) is 5.82 Å². The van der Waals surface area contributed by atoms with Crippen LogP contribution in [0.1, 0.15) is 6.42 Å². The first-order valence-corrected chi connectivity index (χ1v) is 5.98. The molecule has 5 nitrogen and oxygen atoms in total. The Morgan fingerprint density at radius 2 is 2.00 bits per heavy atom. The molecule has 0 radical (unpaired) electrons. The minimum Gasteiger partial charge on any atom is -0.481 e. The fourth-order valence-electron chi connectivity index (χ4n) is 2.18. The van der Waals surface area contributed by atoms with Gasteiger partial charge in [-0.25, -0.2) is 4.39 Å². The van der Waals surface area contributed by atoms with Gasteiger partial charge in [-0.3, -0.25) is 14.5 Å². The van der Waals surface area contributed by atoms with E-state index in [4.69, 9.17) is 5.11 Å². The third-order valence-electron chi connectivity index (χ3n) is 3.27. The van der Waals surface area contributed by atoms with Gasteiger partial charge in [0.05, 0.1) is 6.42 Å². The number of rotatable bonds is 3. The third kappa shape index (κ3) is 2.90. The van der Waals surface area contributed by atoms with Crippen molar-refractivity contribution in [1.29, 1.82) is 0 Å². The fourth-order valence-corrected chi connectivity index (χ4v) is 2.18. The van der Waals surface area contributed by atoms with Gasteiger partial charge in [0.15, 0.2) is 0 Å². The van der Waals surface area contributed by atoms with Crippen LogP contribution in [-0.4, -0.2) is 48.1 Å². The zero-order valence-corrected chi connectivity index (χ0v) is 10.5. The summed E-state index contributed by atoms with van der Waals surface area (Å²) in [7, 11) is 1.73. The van der Waals surface area contributed by atoms with Crippen LogP contribution >= 0.6 is 0 Å². The van der Waals surface area contributed by atoms with E-state index in [1.807, 2.05) is 0 Å². The summed E-state index contributed by atoms with van der Waals surface area (Å²) in [5.41, 5.74) is 0.592. The average Bonchev–Trinajstić information content (AvgIpc) is 2.36. The first-order chi connectivity index (χ1) is 8.99. The summed E-state index contributed by atoms with van der Waals surface area (Å²) in [5.74, 6) is -1.64. The second-order valence-corrected chi connectivity index (χ2v) is 4.56. The van der Waals surface area contributed by atoms with E-state index in [9.17, 15) is 14.0 Å². The molecule has 0 saturated carbocycles. The summed E-state index contributed by atoms with van der Waals surface area (Å²) >= 11 is 0. The number of carbonyl (C=O) groups is 2. The van der Waals surface area contributed by atoms with Gasteiger partial charge in [0.1, 0.15) is 11.9 Å². The van der Waals surface area contributed by atoms with Crippen LogP contribution in [0.15, 0.2) is 24.3 Å². The molecule has 1 fully saturated rings. The Labute approximate surface area is 110 Å². The average molecular weight is 266 g/mol. The number of hydrogen-bond donors (Lipinski definition) is 1. The van der Waals surface area contributed by atoms with Gasteiger partial charge in [-0.2, -0.15) is 0 Å². The van der Waals surface area contributed by atoms with Crippen LogP contribution in [0.3, 0.4) is 0 Å². The maximum Gasteiger partial charge on any atom is 0.305 e. The molecule has 2 rings (SSSR count). The highest BCUT2D eigenvalue weighted by Gasteiger charge is 2.34. The summed E-state index contributed by atoms with van der Waals surface area (Å²) in [6, 6.07) is 4.95. The van der Waals surface area contributed by atoms with Gasteiger partial charge < -0.3 is 10.0 Å². The molecular formula is C13H15FN2O3. The summed E-state index contributed by atoms with van der Waals surface area (Å²) in [5, 5.41) is 8.85. The summed E-state index contributed by atoms with van der Waals surface area (Å²) < 4.78 is 12.9. The topological polar surface area (TPSA) is 60.9 Å². The Morgan fingerprint density at radius 1 is 1.37 bits per heavy atom. The minimum atomic E-state index is -1.01. The summed E-state index contributed by atoms with van der Waals surface area (Å²) in [6.07, 6.45) is -0.229. The highest BCUT2D eigenvalue weighted by atomic mass is 19.1. The normalized spacial score (nSPS) is 20.6. The molecule has 19 heavy (non-hydrogen) atoms. The van der Waals surface area contributed by atoms with Gasteiger partial charge >= 0.3 is 5.97 Å². The number of halogens is 1. The molecule has 1 N–H and O–H groups in total. The number of aliphatic carboxylic acids is 1. The molecule has 1 atom stereocenters. The second-order valence-electron chi connectivity index (χ2n) is 4.56. The lowest BCUT2D eigenvalue weighted by molar-refractivity contribution is -0.141. The van der Waals surface area contributed by atoms with Crippen molar-refractivity contribution in [1.82, 2.24) is 4.90 Å². The Kier molecular flexibility index (Phi) is 3.80. The highest BCUT2D eigenvalue weighted by molar-refractivity contribution is 5.99. The van der Waals surface area contributed by atoms with Gasteiger partial charge in [-0.1, -0.05) is 0 Å². The van der Waals surface area contributed by atoms with Crippen LogP contribution in [-0.2, 0) is 9.59 Å². The van der Waals surface area contributed by atoms with E-state index in [0.717, 1.165) is 0 Å². The van der Waals surface area contributed by atoms with E-state index >= 15 is 0 Å². The van der Waals surface area contributed by atoms with Crippen LogP contribution in [0.25, 0.3) is 0 Å². The lowest BCUT2D eigenvalue weighted by Crippen LogP contribution is -2.56. The van der Waals surface area contributed by atoms with Gasteiger partial charge in [-0.05, 0) is 31.3 Å². The van der Waals surface area contributed by atoms with E-state index < -0.39 is 12.0 Å². The number of carboxylic acids is 1. The number of piperazine rings is 1. The van der Waals surface area contributed by atoms with Gasteiger partial charge in [0.2, 0.25) is 5.91 Å². The molecule has 1 aliphatic heterocycles. The van der Waals surface area contributed by atoms with Gasteiger partial charge in [0, 0.05) is 18.8 Å². The molecule has 0 aliphatic carbocycles. The van der Waals surface area contributed by atoms with E-state index in [2.05, 4.69) is 0 Å². The largest absolute Gasteiger partial charge is 0.481 e. The SMILES string of the molecule is CN1CCN(c2ccc(F)cc2)C(=O)C1CC(=O)O. The Morgan fingerprint density at radius 3 is 2.58 bits per heavy atom. The Balaban J connectivity index is 2.20. The lowest BCUT2D eigenvalue weighted by atomic mass is 10.1. The van der Waals surface area contributed by atoms with Crippen molar-refractivity contribution in [2.24, 2.45) is 0 Å². The number of benzene rings is 1. The zero-order valence-electron chi connectivity index (χ0n) is 10.5. The van der Waals surface area contributed by atoms with Crippen LogP contribution in [0.4, 0.5) is 10.1 Å². The van der Waals surface area contributed by atoms with E-state index in [1.165, 1.54) is 29.2 Å². The van der Waals surface area contributed by atoms with Crippen molar-refractivity contribution < 1.29 is 19.1 Å². The first-order valence-electron chi connectivity index (χ1n) is 5.98. The third-order valence-corrected chi connectivity index (χ3v) is 3.27. The van der Waals surface area contributed by atoms with Crippen molar-refractivity contribution in [2.75, 3.05) is 25.0 Å². The van der Waals surface area contributed by atoms with Crippen molar-refractivity contribution in [3.63, 3.8) is 0 Å². The number of carboxylic acid groups (broad SMARTS) is 1. The van der Waals surface area contributed by atoms with Crippen LogP contribution in [0.2, 0.25) is 0 Å². The molecule has 1 aromatic rings. The highest BCUT2D eigenvalue weighted by Crippen LogP contribution is 2.21. The van der Waals surface area contributed by atoms with Crippen molar-refractivity contribution in [3.05, 3.63) is 30.1 Å². The quantitative estimate of drug-likeness (QED) is 0.884. The summed E-state index contributed by atoms with van der Waals surface area (Å²) in [4.78, 5) is 26.3. The molecule has 1 amide bonds. The predicted octanol–water partition coefficient (Wildman–Crippen LogP) is 0.947. The number of nitrogens with zero attached hydrogens (tertiary/aromatic N) is 2. The Hall–Kier alpha value is -1.95. The molecule has 0 spiro atoms. The summed E-state index contributed by atoms with van der Waals surface area (Å²) in [6.45, 7) is 1.05. The molecule has 1 heterocycles. The molecule has 0 bridgehead atoms. The minimum absolute atomic E-state index is 0.229. The molecule has 0 aromatic heterocycles. The molecule has 1 saturated heterocycles. The number of hydrogen-bond acceptors (Lipinski definition) is 3. The van der Waals surface area contributed by atoms with E-state index in [-0.39, 0.29) is 18.1 Å². The molecule has 1 aromatic carbocycles. The van der Waals surface area contributed by atoms with Crippen LogP contribution in [0.5, 0.6) is 0 Å². The van der Waals surface area contributed by atoms with E-state index in [1.54, 1.807) is 11.9 Å². The number of likely N-dealkylation sites (N-methyl/N-ethyl adjacent to an activating group) is 1. The standard InChI is InChI=1S/C13H15FN2O3/c1-15-6-7-16(10-4-2-9(14)3-5-10)13(19)11(15)8-12(17)18/h2-5,11H,6-8H2,1H3,(H,17,18).